The van der Waals surface area contributed by atoms with Crippen LogP contribution >= 0.6 is 0 Å². The maximum atomic E-state index is 6.06. The van der Waals surface area contributed by atoms with Gasteiger partial charge in [-0.3, -0.25) is 0 Å². The molecule has 0 unspecified atom stereocenters. The van der Waals surface area contributed by atoms with E-state index in [1.54, 1.807) is 0 Å². The zero-order chi connectivity index (χ0) is 13.8. The van der Waals surface area contributed by atoms with Crippen LogP contribution in [0.1, 0.15) is 75.4 Å². The van der Waals surface area contributed by atoms with Crippen LogP contribution in [-0.4, -0.2) is 9.97 Å². The molecule has 0 atom stereocenters. The van der Waals surface area contributed by atoms with Crippen LogP contribution in [-0.2, 0) is 6.42 Å². The summed E-state index contributed by atoms with van der Waals surface area (Å²) in [4.78, 5) is 9.27. The third-order valence-electron chi connectivity index (χ3n) is 4.53. The Labute approximate surface area is 117 Å². The van der Waals surface area contributed by atoms with E-state index in [4.69, 9.17) is 10.7 Å². The Hall–Kier alpha value is -1.12. The molecule has 1 aromatic heterocycles. The Morgan fingerprint density at radius 3 is 2.32 bits per heavy atom. The molecule has 2 N–H and O–H groups in total. The van der Waals surface area contributed by atoms with Crippen LogP contribution < -0.4 is 5.73 Å². The highest BCUT2D eigenvalue weighted by atomic mass is 15.0. The van der Waals surface area contributed by atoms with Gasteiger partial charge in [-0.1, -0.05) is 26.7 Å². The fraction of sp³-hybridized carbons (Fsp3) is 0.750. The van der Waals surface area contributed by atoms with Gasteiger partial charge in [0.25, 0.3) is 0 Å². The van der Waals surface area contributed by atoms with Crippen molar-refractivity contribution in [3.05, 3.63) is 17.1 Å². The number of hydrogen-bond acceptors (Lipinski definition) is 3. The fourth-order valence-corrected chi connectivity index (χ4v) is 3.38. The summed E-state index contributed by atoms with van der Waals surface area (Å²) < 4.78 is 0. The van der Waals surface area contributed by atoms with Gasteiger partial charge in [-0.2, -0.15) is 0 Å². The normalized spacial score (nSPS) is 23.5. The molecule has 0 saturated heterocycles. The molecule has 0 aliphatic heterocycles. The van der Waals surface area contributed by atoms with E-state index in [2.05, 4.69) is 25.8 Å². The Balaban J connectivity index is 2.07. The molecular formula is C16H27N3. The quantitative estimate of drug-likeness (QED) is 0.891. The average molecular weight is 261 g/mol. The lowest BCUT2D eigenvalue weighted by molar-refractivity contribution is 0.302. The highest BCUT2D eigenvalue weighted by Gasteiger charge is 2.24. The Morgan fingerprint density at radius 2 is 1.79 bits per heavy atom. The number of aryl methyl sites for hydroxylation is 1. The molecule has 3 heteroatoms. The number of nitrogens with zero attached hydrogens (tertiary/aromatic N) is 2. The number of hydrogen-bond donors (Lipinski definition) is 1. The molecule has 0 radical (unpaired) electrons. The molecule has 19 heavy (non-hydrogen) atoms. The first-order chi connectivity index (χ1) is 9.15. The zero-order valence-corrected chi connectivity index (χ0v) is 12.6. The summed E-state index contributed by atoms with van der Waals surface area (Å²) in [6.07, 6.45) is 8.73. The molecule has 3 nitrogen and oxygen atoms in total. The van der Waals surface area contributed by atoms with Gasteiger partial charge in [0.1, 0.15) is 11.6 Å². The fourth-order valence-electron chi connectivity index (χ4n) is 3.38. The van der Waals surface area contributed by atoms with Crippen molar-refractivity contribution in [2.24, 2.45) is 5.92 Å². The number of nitrogens with two attached hydrogens (primary N) is 1. The van der Waals surface area contributed by atoms with Gasteiger partial charge in [-0.05, 0) is 44.9 Å². The van der Waals surface area contributed by atoms with E-state index in [1.807, 2.05) is 0 Å². The Morgan fingerprint density at radius 1 is 1.11 bits per heavy atom. The lowest BCUT2D eigenvalue weighted by atomic mass is 9.79. The van der Waals surface area contributed by atoms with Gasteiger partial charge in [0.15, 0.2) is 0 Å². The van der Waals surface area contributed by atoms with Gasteiger partial charge in [-0.15, -0.1) is 0 Å². The van der Waals surface area contributed by atoms with E-state index in [1.165, 1.54) is 38.5 Å². The first-order valence-electron chi connectivity index (χ1n) is 7.78. The second-order valence-corrected chi connectivity index (χ2v) is 5.89. The van der Waals surface area contributed by atoms with E-state index < -0.39 is 0 Å². The standard InChI is InChI=1S/C16H27N3/c1-4-6-12-7-9-13(10-8-12)16-18-11(3)14(5-2)15(17)19-16/h12-13H,4-10H2,1-3H3,(H2,17,18,19). The van der Waals surface area contributed by atoms with E-state index in [0.717, 1.165) is 29.4 Å². The van der Waals surface area contributed by atoms with E-state index in [9.17, 15) is 0 Å². The third-order valence-corrected chi connectivity index (χ3v) is 4.53. The molecule has 0 aromatic carbocycles. The molecule has 1 aromatic rings. The van der Waals surface area contributed by atoms with Crippen LogP contribution in [0.25, 0.3) is 0 Å². The first-order valence-corrected chi connectivity index (χ1v) is 7.78. The summed E-state index contributed by atoms with van der Waals surface area (Å²) in [6, 6.07) is 0. The second kappa shape index (κ2) is 6.36. The SMILES string of the molecule is CCCC1CCC(c2nc(C)c(CC)c(N)n2)CC1. The average Bonchev–Trinajstić information content (AvgIpc) is 2.39. The monoisotopic (exact) mass is 261 g/mol. The predicted molar refractivity (Wildman–Crippen MR) is 80.2 cm³/mol. The first kappa shape index (κ1) is 14.3. The van der Waals surface area contributed by atoms with Crippen LogP contribution in [0.3, 0.4) is 0 Å². The highest BCUT2D eigenvalue weighted by Crippen LogP contribution is 2.36. The van der Waals surface area contributed by atoms with Crippen LogP contribution in [0.5, 0.6) is 0 Å². The predicted octanol–water partition coefficient (Wildman–Crippen LogP) is 4.00. The number of anilines is 1. The summed E-state index contributed by atoms with van der Waals surface area (Å²) in [7, 11) is 0. The summed E-state index contributed by atoms with van der Waals surface area (Å²) in [5.74, 6) is 3.14. The smallest absolute Gasteiger partial charge is 0.134 e. The van der Waals surface area contributed by atoms with Crippen molar-refractivity contribution >= 4 is 5.82 Å². The molecule has 1 aliphatic carbocycles. The van der Waals surface area contributed by atoms with Gasteiger partial charge in [0.2, 0.25) is 0 Å². The van der Waals surface area contributed by atoms with Crippen molar-refractivity contribution in [3.8, 4) is 0 Å². The van der Waals surface area contributed by atoms with Gasteiger partial charge in [0.05, 0.1) is 0 Å². The van der Waals surface area contributed by atoms with Crippen molar-refractivity contribution in [1.82, 2.24) is 9.97 Å². The lowest BCUT2D eigenvalue weighted by Gasteiger charge is -2.27. The topological polar surface area (TPSA) is 51.8 Å². The molecule has 1 saturated carbocycles. The molecular weight excluding hydrogens is 234 g/mol. The van der Waals surface area contributed by atoms with Crippen molar-refractivity contribution in [1.29, 1.82) is 0 Å². The van der Waals surface area contributed by atoms with Crippen LogP contribution in [0.4, 0.5) is 5.82 Å². The third kappa shape index (κ3) is 3.26. The van der Waals surface area contributed by atoms with Crippen LogP contribution in [0, 0.1) is 12.8 Å². The Bertz CT molecular complexity index is 397. The van der Waals surface area contributed by atoms with Crippen molar-refractivity contribution < 1.29 is 0 Å². The lowest BCUT2D eigenvalue weighted by Crippen LogP contribution is -2.17. The molecule has 0 amide bonds. The minimum Gasteiger partial charge on any atom is -0.383 e. The maximum Gasteiger partial charge on any atom is 0.134 e. The molecule has 2 rings (SSSR count). The van der Waals surface area contributed by atoms with Crippen molar-refractivity contribution in [2.45, 2.75) is 71.6 Å². The molecule has 1 fully saturated rings. The molecule has 0 bridgehead atoms. The highest BCUT2D eigenvalue weighted by molar-refractivity contribution is 5.42. The number of aromatic nitrogens is 2. The Kier molecular flexibility index (Phi) is 4.78. The van der Waals surface area contributed by atoms with Crippen LogP contribution in [0.2, 0.25) is 0 Å². The molecule has 1 heterocycles. The van der Waals surface area contributed by atoms with Gasteiger partial charge >= 0.3 is 0 Å². The summed E-state index contributed by atoms with van der Waals surface area (Å²) >= 11 is 0. The van der Waals surface area contributed by atoms with E-state index >= 15 is 0 Å². The largest absolute Gasteiger partial charge is 0.383 e. The number of nitrogen functional groups attached to an aromatic ring is 1. The second-order valence-electron chi connectivity index (χ2n) is 5.89. The van der Waals surface area contributed by atoms with Crippen LogP contribution in [0.15, 0.2) is 0 Å². The molecule has 106 valence electrons. The zero-order valence-electron chi connectivity index (χ0n) is 12.6. The summed E-state index contributed by atoms with van der Waals surface area (Å²) in [6.45, 7) is 6.45. The van der Waals surface area contributed by atoms with Gasteiger partial charge in [0, 0.05) is 17.2 Å². The minimum absolute atomic E-state index is 0.528. The van der Waals surface area contributed by atoms with Crippen molar-refractivity contribution in [2.75, 3.05) is 5.73 Å². The van der Waals surface area contributed by atoms with Crippen molar-refractivity contribution in [3.63, 3.8) is 0 Å². The van der Waals surface area contributed by atoms with E-state index in [-0.39, 0.29) is 0 Å². The van der Waals surface area contributed by atoms with E-state index in [0.29, 0.717) is 11.7 Å². The summed E-state index contributed by atoms with van der Waals surface area (Å²) in [5.41, 5.74) is 8.25. The minimum atomic E-state index is 0.528. The van der Waals surface area contributed by atoms with Gasteiger partial charge < -0.3 is 5.73 Å². The number of rotatable bonds is 4. The molecule has 0 spiro atoms. The summed E-state index contributed by atoms with van der Waals surface area (Å²) in [5, 5.41) is 0. The maximum absolute atomic E-state index is 6.06. The van der Waals surface area contributed by atoms with Gasteiger partial charge in [-0.25, -0.2) is 9.97 Å². The molecule has 1 aliphatic rings.